The molecule has 0 aliphatic carbocycles. The van der Waals surface area contributed by atoms with E-state index >= 15 is 0 Å². The molecule has 24 heavy (non-hydrogen) atoms. The van der Waals surface area contributed by atoms with Gasteiger partial charge in [-0.05, 0) is 24.7 Å². The van der Waals surface area contributed by atoms with Gasteiger partial charge in [-0.1, -0.05) is 27.7 Å². The van der Waals surface area contributed by atoms with Gasteiger partial charge in [-0.3, -0.25) is 4.79 Å². The number of amides is 1. The molecule has 0 saturated carbocycles. The highest BCUT2D eigenvalue weighted by Gasteiger charge is 2.41. The lowest BCUT2D eigenvalue weighted by Gasteiger charge is -2.31. The Morgan fingerprint density at radius 3 is 2.71 bits per heavy atom. The maximum Gasteiger partial charge on any atom is 0.222 e. The van der Waals surface area contributed by atoms with Crippen LogP contribution in [0.15, 0.2) is 4.42 Å². The Bertz CT molecular complexity index is 578. The van der Waals surface area contributed by atoms with Gasteiger partial charge < -0.3 is 14.1 Å². The highest BCUT2D eigenvalue weighted by atomic mass is 16.5. The van der Waals surface area contributed by atoms with E-state index in [2.05, 4.69) is 31.0 Å². The summed E-state index contributed by atoms with van der Waals surface area (Å²) in [4.78, 5) is 13.9. The van der Waals surface area contributed by atoms with Crippen LogP contribution in [0.5, 0.6) is 0 Å². The molecule has 6 heteroatoms. The molecule has 1 amide bonds. The summed E-state index contributed by atoms with van der Waals surface area (Å²) in [5, 5.41) is 8.64. The smallest absolute Gasteiger partial charge is 0.222 e. The fourth-order valence-corrected chi connectivity index (χ4v) is 3.89. The van der Waals surface area contributed by atoms with Crippen LogP contribution in [0.25, 0.3) is 0 Å². The number of piperidine rings is 1. The van der Waals surface area contributed by atoms with Crippen LogP contribution < -0.4 is 0 Å². The zero-order valence-electron chi connectivity index (χ0n) is 15.2. The standard InChI is InChI=1S/C18H29N3O3/c1-5-14(22)21-9-6-7-12(11-21)16-19-20-17(24-16)13-8-10-23-15(13)18(2,3)4/h12-13,15H,5-11H2,1-4H3/t12?,13-,15-/m0/s1. The Balaban J connectivity index is 1.72. The number of aromatic nitrogens is 2. The second kappa shape index (κ2) is 6.82. The molecule has 2 saturated heterocycles. The number of carbonyl (C=O) groups is 1. The predicted molar refractivity (Wildman–Crippen MR) is 89.7 cm³/mol. The molecular formula is C18H29N3O3. The van der Waals surface area contributed by atoms with Crippen molar-refractivity contribution >= 4 is 5.91 Å². The Morgan fingerprint density at radius 2 is 2.00 bits per heavy atom. The molecule has 1 aromatic heterocycles. The summed E-state index contributed by atoms with van der Waals surface area (Å²) in [7, 11) is 0. The average Bonchev–Trinajstić information content (AvgIpc) is 3.22. The topological polar surface area (TPSA) is 68.5 Å². The average molecular weight is 335 g/mol. The van der Waals surface area contributed by atoms with Crippen LogP contribution in [-0.2, 0) is 9.53 Å². The van der Waals surface area contributed by atoms with E-state index < -0.39 is 0 Å². The van der Waals surface area contributed by atoms with Gasteiger partial charge in [0, 0.05) is 26.1 Å². The molecule has 0 spiro atoms. The Labute approximate surface area is 143 Å². The van der Waals surface area contributed by atoms with Crippen LogP contribution >= 0.6 is 0 Å². The van der Waals surface area contributed by atoms with Crippen LogP contribution in [0, 0.1) is 5.41 Å². The van der Waals surface area contributed by atoms with Gasteiger partial charge >= 0.3 is 0 Å². The molecule has 2 aliphatic heterocycles. The van der Waals surface area contributed by atoms with Gasteiger partial charge in [0.25, 0.3) is 0 Å². The van der Waals surface area contributed by atoms with Crippen molar-refractivity contribution in [2.24, 2.45) is 5.41 Å². The van der Waals surface area contributed by atoms with E-state index in [0.29, 0.717) is 24.7 Å². The third kappa shape index (κ3) is 3.48. The van der Waals surface area contributed by atoms with Gasteiger partial charge in [0.15, 0.2) is 0 Å². The number of rotatable bonds is 3. The molecule has 3 heterocycles. The molecule has 1 unspecified atom stereocenters. The van der Waals surface area contributed by atoms with E-state index in [1.54, 1.807) is 0 Å². The van der Waals surface area contributed by atoms with Crippen molar-refractivity contribution < 1.29 is 13.9 Å². The number of hydrogen-bond donors (Lipinski definition) is 0. The van der Waals surface area contributed by atoms with Crippen molar-refractivity contribution in [3.05, 3.63) is 11.8 Å². The minimum Gasteiger partial charge on any atom is -0.425 e. The molecule has 3 rings (SSSR count). The van der Waals surface area contributed by atoms with Gasteiger partial charge in [0.05, 0.1) is 17.9 Å². The van der Waals surface area contributed by atoms with Gasteiger partial charge in [-0.15, -0.1) is 10.2 Å². The number of nitrogens with zero attached hydrogens (tertiary/aromatic N) is 3. The minimum atomic E-state index is 0.0466. The molecule has 0 aromatic carbocycles. The highest BCUT2D eigenvalue weighted by molar-refractivity contribution is 5.75. The maximum absolute atomic E-state index is 12.0. The Morgan fingerprint density at radius 1 is 1.25 bits per heavy atom. The quantitative estimate of drug-likeness (QED) is 0.849. The van der Waals surface area contributed by atoms with Crippen LogP contribution in [0.3, 0.4) is 0 Å². The molecule has 1 aromatic rings. The second-order valence-electron chi connectivity index (χ2n) is 8.06. The first kappa shape index (κ1) is 17.4. The largest absolute Gasteiger partial charge is 0.425 e. The molecule has 134 valence electrons. The van der Waals surface area contributed by atoms with Crippen LogP contribution in [0.1, 0.15) is 77.0 Å². The number of ether oxygens (including phenoxy) is 1. The van der Waals surface area contributed by atoms with E-state index in [4.69, 9.17) is 9.15 Å². The summed E-state index contributed by atoms with van der Waals surface area (Å²) in [6.07, 6.45) is 3.57. The Hall–Kier alpha value is -1.43. The van der Waals surface area contributed by atoms with E-state index in [1.165, 1.54) is 0 Å². The second-order valence-corrected chi connectivity index (χ2v) is 8.06. The highest BCUT2D eigenvalue weighted by Crippen LogP contribution is 2.41. The lowest BCUT2D eigenvalue weighted by molar-refractivity contribution is -0.132. The van der Waals surface area contributed by atoms with Crippen LogP contribution in [0.4, 0.5) is 0 Å². The summed E-state index contributed by atoms with van der Waals surface area (Å²) >= 11 is 0. The summed E-state index contributed by atoms with van der Waals surface area (Å²) in [5.41, 5.74) is 0.0466. The minimum absolute atomic E-state index is 0.0466. The van der Waals surface area contributed by atoms with Crippen molar-refractivity contribution in [2.45, 2.75) is 71.3 Å². The normalized spacial score (nSPS) is 28.3. The van der Waals surface area contributed by atoms with Crippen molar-refractivity contribution in [2.75, 3.05) is 19.7 Å². The third-order valence-corrected chi connectivity index (χ3v) is 5.14. The number of likely N-dealkylation sites (tertiary alicyclic amines) is 1. The van der Waals surface area contributed by atoms with Gasteiger partial charge in [-0.2, -0.15) is 0 Å². The maximum atomic E-state index is 12.0. The summed E-state index contributed by atoms with van der Waals surface area (Å²) in [6.45, 7) is 10.7. The zero-order valence-corrected chi connectivity index (χ0v) is 15.2. The first-order valence-corrected chi connectivity index (χ1v) is 9.12. The monoisotopic (exact) mass is 335 g/mol. The Kier molecular flexibility index (Phi) is 4.95. The van der Waals surface area contributed by atoms with Crippen molar-refractivity contribution in [1.29, 1.82) is 0 Å². The van der Waals surface area contributed by atoms with E-state index in [9.17, 15) is 4.79 Å². The molecule has 3 atom stereocenters. The van der Waals surface area contributed by atoms with E-state index in [0.717, 1.165) is 32.4 Å². The van der Waals surface area contributed by atoms with Crippen molar-refractivity contribution in [3.63, 3.8) is 0 Å². The third-order valence-electron chi connectivity index (χ3n) is 5.14. The number of hydrogen-bond acceptors (Lipinski definition) is 5. The van der Waals surface area contributed by atoms with Crippen molar-refractivity contribution in [1.82, 2.24) is 15.1 Å². The zero-order chi connectivity index (χ0) is 17.3. The van der Waals surface area contributed by atoms with E-state index in [-0.39, 0.29) is 29.3 Å². The lowest BCUT2D eigenvalue weighted by Crippen LogP contribution is -2.38. The summed E-state index contributed by atoms with van der Waals surface area (Å²) in [6, 6.07) is 0. The van der Waals surface area contributed by atoms with Crippen molar-refractivity contribution in [3.8, 4) is 0 Å². The molecule has 0 bridgehead atoms. The first-order valence-electron chi connectivity index (χ1n) is 9.12. The molecule has 2 aliphatic rings. The van der Waals surface area contributed by atoms with Crippen LogP contribution in [-0.4, -0.2) is 46.8 Å². The fraction of sp³-hybridized carbons (Fsp3) is 0.833. The SMILES string of the molecule is CCC(=O)N1CCCC(c2nnc([C@H]3CCO[C@@H]3C(C)(C)C)o2)C1. The lowest BCUT2D eigenvalue weighted by atomic mass is 9.81. The summed E-state index contributed by atoms with van der Waals surface area (Å²) in [5.74, 6) is 1.91. The van der Waals surface area contributed by atoms with Gasteiger partial charge in [0.1, 0.15) is 0 Å². The first-order chi connectivity index (χ1) is 11.4. The molecular weight excluding hydrogens is 306 g/mol. The number of carbonyl (C=O) groups excluding carboxylic acids is 1. The molecule has 0 radical (unpaired) electrons. The predicted octanol–water partition coefficient (Wildman–Crippen LogP) is 3.10. The summed E-state index contributed by atoms with van der Waals surface area (Å²) < 4.78 is 12.0. The van der Waals surface area contributed by atoms with Crippen LogP contribution in [0.2, 0.25) is 0 Å². The molecule has 6 nitrogen and oxygen atoms in total. The molecule has 0 N–H and O–H groups in total. The fourth-order valence-electron chi connectivity index (χ4n) is 3.89. The van der Waals surface area contributed by atoms with Gasteiger partial charge in [0.2, 0.25) is 17.7 Å². The van der Waals surface area contributed by atoms with Gasteiger partial charge in [-0.25, -0.2) is 0 Å². The molecule has 2 fully saturated rings. The van der Waals surface area contributed by atoms with E-state index in [1.807, 2.05) is 11.8 Å².